The molecule has 0 radical (unpaired) electrons. The topological polar surface area (TPSA) is 90.0 Å². The van der Waals surface area contributed by atoms with Gasteiger partial charge in [-0.3, -0.25) is 9.59 Å². The zero-order valence-electron chi connectivity index (χ0n) is 14.0. The number of methoxy groups -OCH3 is 1. The Morgan fingerprint density at radius 1 is 1.28 bits per heavy atom. The Kier molecular flexibility index (Phi) is 6.12. The van der Waals surface area contributed by atoms with Gasteiger partial charge in [0, 0.05) is 18.7 Å². The first kappa shape index (κ1) is 19.3. The van der Waals surface area contributed by atoms with Gasteiger partial charge in [-0.2, -0.15) is 0 Å². The summed E-state index contributed by atoms with van der Waals surface area (Å²) in [5.41, 5.74) is 0.0815. The van der Waals surface area contributed by atoms with Crippen LogP contribution in [-0.4, -0.2) is 57.5 Å². The monoisotopic (exact) mass is 373 g/mol. The molecule has 0 amide bonds. The van der Waals surface area contributed by atoms with Gasteiger partial charge in [0.25, 0.3) is 0 Å². The number of hydrogen-bond donors (Lipinski definition) is 0. The fourth-order valence-electron chi connectivity index (χ4n) is 2.60. The van der Waals surface area contributed by atoms with Crippen molar-refractivity contribution in [1.82, 2.24) is 4.31 Å². The number of Topliss-reactive ketones (excluding diaryl/α,β-unsaturated/α-hetero) is 1. The van der Waals surface area contributed by atoms with E-state index in [1.165, 1.54) is 23.5 Å². The van der Waals surface area contributed by atoms with E-state index in [1.807, 2.05) is 0 Å². The molecule has 25 heavy (non-hydrogen) atoms. The summed E-state index contributed by atoms with van der Waals surface area (Å²) in [5, 5.41) is 0. The van der Waals surface area contributed by atoms with E-state index < -0.39 is 40.1 Å². The molecule has 9 heteroatoms. The van der Waals surface area contributed by atoms with Crippen LogP contribution in [0.3, 0.4) is 0 Å². The zero-order valence-corrected chi connectivity index (χ0v) is 14.8. The molecule has 1 aliphatic rings. The van der Waals surface area contributed by atoms with Crippen LogP contribution in [0.25, 0.3) is 0 Å². The molecular formula is C16H20FNO6S. The van der Waals surface area contributed by atoms with Crippen LogP contribution in [0.2, 0.25) is 0 Å². The summed E-state index contributed by atoms with van der Waals surface area (Å²) >= 11 is 0. The Bertz CT molecular complexity index is 756. The number of carbonyl (C=O) groups excluding carboxylic acids is 2. The summed E-state index contributed by atoms with van der Waals surface area (Å²) in [4.78, 5) is 24.0. The van der Waals surface area contributed by atoms with E-state index in [4.69, 9.17) is 9.47 Å². The highest BCUT2D eigenvalue weighted by molar-refractivity contribution is 7.88. The smallest absolute Gasteiger partial charge is 0.309 e. The summed E-state index contributed by atoms with van der Waals surface area (Å²) < 4.78 is 47.5. The molecule has 7 nitrogen and oxygen atoms in total. The van der Waals surface area contributed by atoms with E-state index in [2.05, 4.69) is 0 Å². The molecule has 1 fully saturated rings. The van der Waals surface area contributed by atoms with Crippen molar-refractivity contribution in [3.8, 4) is 5.75 Å². The molecule has 1 saturated heterocycles. The van der Waals surface area contributed by atoms with E-state index in [1.54, 1.807) is 0 Å². The average molecular weight is 373 g/mol. The number of piperidine rings is 1. The minimum absolute atomic E-state index is 0.0196. The van der Waals surface area contributed by atoms with Gasteiger partial charge in [0.2, 0.25) is 10.0 Å². The van der Waals surface area contributed by atoms with Crippen molar-refractivity contribution in [3.63, 3.8) is 0 Å². The van der Waals surface area contributed by atoms with Gasteiger partial charge in [0.05, 0.1) is 19.3 Å². The highest BCUT2D eigenvalue weighted by atomic mass is 32.2. The van der Waals surface area contributed by atoms with Gasteiger partial charge in [-0.1, -0.05) is 0 Å². The number of nitrogens with zero attached hydrogens (tertiary/aromatic N) is 1. The van der Waals surface area contributed by atoms with Gasteiger partial charge in [-0.25, -0.2) is 17.1 Å². The maximum Gasteiger partial charge on any atom is 0.309 e. The lowest BCUT2D eigenvalue weighted by Gasteiger charge is -2.28. The molecular weight excluding hydrogens is 353 g/mol. The van der Waals surface area contributed by atoms with Crippen LogP contribution in [0.4, 0.5) is 4.39 Å². The molecule has 1 heterocycles. The first-order chi connectivity index (χ1) is 11.7. The molecule has 1 aromatic carbocycles. The van der Waals surface area contributed by atoms with Crippen LogP contribution in [0.5, 0.6) is 5.75 Å². The third kappa shape index (κ3) is 4.99. The Morgan fingerprint density at radius 3 is 2.44 bits per heavy atom. The molecule has 0 atom stereocenters. The SMILES string of the molecule is COc1ccc(C(=O)COC(=O)C2CCN(S(C)(=O)=O)CC2)cc1F. The summed E-state index contributed by atoms with van der Waals surface area (Å²) in [6.45, 7) is 0.00334. The van der Waals surface area contributed by atoms with E-state index in [9.17, 15) is 22.4 Å². The maximum atomic E-state index is 13.6. The summed E-state index contributed by atoms with van der Waals surface area (Å²) in [7, 11) is -1.95. The van der Waals surface area contributed by atoms with Crippen LogP contribution in [0.1, 0.15) is 23.2 Å². The van der Waals surface area contributed by atoms with Crippen LogP contribution in [0, 0.1) is 11.7 Å². The summed E-state index contributed by atoms with van der Waals surface area (Å²) in [6, 6.07) is 3.74. The van der Waals surface area contributed by atoms with Crippen LogP contribution < -0.4 is 4.74 Å². The van der Waals surface area contributed by atoms with Crippen molar-refractivity contribution in [2.24, 2.45) is 5.92 Å². The molecule has 0 N–H and O–H groups in total. The highest BCUT2D eigenvalue weighted by Gasteiger charge is 2.30. The standard InChI is InChI=1S/C16H20FNO6S/c1-23-15-4-3-12(9-13(15)17)14(19)10-24-16(20)11-5-7-18(8-6-11)25(2,21)22/h3-4,9,11H,5-8,10H2,1-2H3. The van der Waals surface area contributed by atoms with E-state index in [0.717, 1.165) is 12.3 Å². The van der Waals surface area contributed by atoms with Crippen molar-refractivity contribution in [2.45, 2.75) is 12.8 Å². The van der Waals surface area contributed by atoms with Crippen molar-refractivity contribution >= 4 is 21.8 Å². The second kappa shape index (κ2) is 7.92. The Hall–Kier alpha value is -2.00. The van der Waals surface area contributed by atoms with Gasteiger partial charge < -0.3 is 9.47 Å². The van der Waals surface area contributed by atoms with E-state index in [0.29, 0.717) is 12.8 Å². The summed E-state index contributed by atoms with van der Waals surface area (Å²) in [6.07, 6.45) is 1.81. The molecule has 0 bridgehead atoms. The fraction of sp³-hybridized carbons (Fsp3) is 0.500. The lowest BCUT2D eigenvalue weighted by molar-refractivity contribution is -0.148. The van der Waals surface area contributed by atoms with Crippen LogP contribution in [-0.2, 0) is 19.6 Å². The van der Waals surface area contributed by atoms with Gasteiger partial charge in [0.15, 0.2) is 24.0 Å². The first-order valence-electron chi connectivity index (χ1n) is 7.71. The molecule has 0 aliphatic carbocycles. The maximum absolute atomic E-state index is 13.6. The molecule has 0 spiro atoms. The van der Waals surface area contributed by atoms with Crippen molar-refractivity contribution in [2.75, 3.05) is 33.1 Å². The van der Waals surface area contributed by atoms with E-state index >= 15 is 0 Å². The lowest BCUT2D eigenvalue weighted by Crippen LogP contribution is -2.40. The van der Waals surface area contributed by atoms with Crippen LogP contribution in [0.15, 0.2) is 18.2 Å². The number of ketones is 1. The molecule has 0 saturated carbocycles. The first-order valence-corrected chi connectivity index (χ1v) is 9.55. The molecule has 0 aromatic heterocycles. The normalized spacial score (nSPS) is 16.4. The van der Waals surface area contributed by atoms with Gasteiger partial charge in [-0.05, 0) is 31.0 Å². The third-order valence-electron chi connectivity index (χ3n) is 4.08. The van der Waals surface area contributed by atoms with Gasteiger partial charge >= 0.3 is 5.97 Å². The van der Waals surface area contributed by atoms with Gasteiger partial charge in [0.1, 0.15) is 0 Å². The average Bonchev–Trinajstić information content (AvgIpc) is 2.58. The molecule has 2 rings (SSSR count). The van der Waals surface area contributed by atoms with Crippen molar-refractivity contribution in [1.29, 1.82) is 0 Å². The highest BCUT2D eigenvalue weighted by Crippen LogP contribution is 2.21. The zero-order chi connectivity index (χ0) is 18.6. The number of esters is 1. The number of benzene rings is 1. The van der Waals surface area contributed by atoms with Crippen molar-refractivity contribution < 1.29 is 31.9 Å². The predicted octanol–water partition coefficient (Wildman–Crippen LogP) is 1.23. The molecule has 138 valence electrons. The minimum Gasteiger partial charge on any atom is -0.494 e. The Morgan fingerprint density at radius 2 is 1.92 bits per heavy atom. The number of halogens is 1. The molecule has 0 unspecified atom stereocenters. The molecule has 1 aromatic rings. The molecule has 1 aliphatic heterocycles. The second-order valence-corrected chi connectivity index (χ2v) is 7.80. The summed E-state index contributed by atoms with van der Waals surface area (Å²) in [5.74, 6) is -2.17. The minimum atomic E-state index is -3.27. The third-order valence-corrected chi connectivity index (χ3v) is 5.38. The predicted molar refractivity (Wildman–Crippen MR) is 87.4 cm³/mol. The second-order valence-electron chi connectivity index (χ2n) is 5.82. The number of sulfonamides is 1. The van der Waals surface area contributed by atoms with E-state index in [-0.39, 0.29) is 24.4 Å². The number of carbonyl (C=O) groups is 2. The quantitative estimate of drug-likeness (QED) is 0.550. The number of hydrogen-bond acceptors (Lipinski definition) is 6. The number of rotatable bonds is 6. The van der Waals surface area contributed by atoms with Crippen molar-refractivity contribution in [3.05, 3.63) is 29.6 Å². The number of ether oxygens (including phenoxy) is 2. The van der Waals surface area contributed by atoms with Crippen LogP contribution >= 0.6 is 0 Å². The Labute approximate surface area is 145 Å². The Balaban J connectivity index is 1.86. The van der Waals surface area contributed by atoms with Gasteiger partial charge in [-0.15, -0.1) is 0 Å². The lowest BCUT2D eigenvalue weighted by atomic mass is 9.98. The largest absolute Gasteiger partial charge is 0.494 e. The fourth-order valence-corrected chi connectivity index (χ4v) is 3.47.